The van der Waals surface area contributed by atoms with Crippen LogP contribution in [0.5, 0.6) is 5.88 Å². The molecule has 0 fully saturated rings. The zero-order chi connectivity index (χ0) is 31.9. The maximum Gasteiger partial charge on any atom is 0.339 e. The Morgan fingerprint density at radius 2 is 1.61 bits per heavy atom. The van der Waals surface area contributed by atoms with E-state index in [-0.39, 0.29) is 63.5 Å². The lowest BCUT2D eigenvalue weighted by atomic mass is 9.94. The van der Waals surface area contributed by atoms with Gasteiger partial charge in [0, 0.05) is 23.7 Å². The fourth-order valence-electron chi connectivity index (χ4n) is 4.00. The number of carbonyl (C=O) groups is 3. The second-order valence-corrected chi connectivity index (χ2v) is 11.0. The van der Waals surface area contributed by atoms with Crippen molar-refractivity contribution in [2.24, 2.45) is 11.1 Å². The standard InChI is InChI=1S/C32H33N7O5/c1-32(2,3)18-37-29(40)20-10-11-22(24(14-20)31(42)44-17-19-8-6-5-7-9-19)23-12-13-25(43-4)39-26(23)30(41)38-21-15-35-28(27(33)34)36-16-21/h5-16H,17-18H2,1-4H3,(H3,33,34)(H,37,40)(H,38,41). The minimum Gasteiger partial charge on any atom is -0.481 e. The number of nitrogen functional groups attached to an aromatic ring is 1. The number of nitrogens with zero attached hydrogens (tertiary/aromatic N) is 3. The van der Waals surface area contributed by atoms with Crippen LogP contribution in [0.1, 0.15) is 63.4 Å². The van der Waals surface area contributed by atoms with E-state index in [1.807, 2.05) is 51.1 Å². The Balaban J connectivity index is 1.74. The van der Waals surface area contributed by atoms with E-state index in [1.165, 1.54) is 25.6 Å². The molecule has 0 saturated heterocycles. The van der Waals surface area contributed by atoms with Crippen molar-refractivity contribution in [2.75, 3.05) is 19.0 Å². The monoisotopic (exact) mass is 595 g/mol. The Bertz CT molecular complexity index is 1680. The minimum atomic E-state index is -0.690. The second-order valence-electron chi connectivity index (χ2n) is 11.0. The predicted octanol–water partition coefficient (Wildman–Crippen LogP) is 4.22. The van der Waals surface area contributed by atoms with E-state index in [9.17, 15) is 14.4 Å². The quantitative estimate of drug-likeness (QED) is 0.118. The van der Waals surface area contributed by atoms with Crippen molar-refractivity contribution in [3.8, 4) is 17.0 Å². The zero-order valence-corrected chi connectivity index (χ0v) is 24.8. The maximum absolute atomic E-state index is 13.5. The molecule has 4 aromatic rings. The molecular formula is C32H33N7O5. The molecule has 12 heteroatoms. The summed E-state index contributed by atoms with van der Waals surface area (Å²) in [6.07, 6.45) is 2.61. The molecule has 2 aromatic heterocycles. The Hall–Kier alpha value is -5.65. The van der Waals surface area contributed by atoms with Gasteiger partial charge < -0.3 is 25.8 Å². The SMILES string of the molecule is COc1ccc(-c2ccc(C(=O)NCC(C)(C)C)cc2C(=O)OCc2ccccc2)c(C(=O)Nc2cnc(C(=N)N)nc2)n1. The second kappa shape index (κ2) is 13.6. The van der Waals surface area contributed by atoms with Crippen molar-refractivity contribution < 1.29 is 23.9 Å². The van der Waals surface area contributed by atoms with Crippen LogP contribution in [0.4, 0.5) is 5.69 Å². The van der Waals surface area contributed by atoms with Crippen molar-refractivity contribution in [1.82, 2.24) is 20.3 Å². The number of aromatic nitrogens is 3. The van der Waals surface area contributed by atoms with Gasteiger partial charge in [0.2, 0.25) is 5.88 Å². The number of carbonyl (C=O) groups excluding carboxylic acids is 3. The van der Waals surface area contributed by atoms with E-state index in [4.69, 9.17) is 20.6 Å². The van der Waals surface area contributed by atoms with Crippen LogP contribution in [0.2, 0.25) is 0 Å². The Morgan fingerprint density at radius 1 is 0.932 bits per heavy atom. The zero-order valence-electron chi connectivity index (χ0n) is 24.8. The highest BCUT2D eigenvalue weighted by Crippen LogP contribution is 2.30. The number of hydrogen-bond donors (Lipinski definition) is 4. The fraction of sp³-hybridized carbons (Fsp3) is 0.219. The number of esters is 1. The molecule has 0 unspecified atom stereocenters. The van der Waals surface area contributed by atoms with Crippen molar-refractivity contribution >= 4 is 29.3 Å². The molecule has 0 aliphatic heterocycles. The van der Waals surface area contributed by atoms with Crippen LogP contribution < -0.4 is 21.1 Å². The van der Waals surface area contributed by atoms with Crippen molar-refractivity contribution in [3.63, 3.8) is 0 Å². The van der Waals surface area contributed by atoms with E-state index in [2.05, 4.69) is 25.6 Å². The molecule has 4 rings (SSSR count). The van der Waals surface area contributed by atoms with Gasteiger partial charge >= 0.3 is 5.97 Å². The van der Waals surface area contributed by atoms with Gasteiger partial charge in [-0.1, -0.05) is 57.2 Å². The van der Waals surface area contributed by atoms with Gasteiger partial charge in [-0.15, -0.1) is 0 Å². The van der Waals surface area contributed by atoms with Crippen molar-refractivity contribution in [2.45, 2.75) is 27.4 Å². The third kappa shape index (κ3) is 8.00. The Kier molecular flexibility index (Phi) is 9.64. The first-order chi connectivity index (χ1) is 20.9. The number of anilines is 1. The summed E-state index contributed by atoms with van der Waals surface area (Å²) >= 11 is 0. The number of pyridine rings is 1. The lowest BCUT2D eigenvalue weighted by Gasteiger charge is -2.19. The number of benzene rings is 2. The molecule has 12 nitrogen and oxygen atoms in total. The number of rotatable bonds is 10. The third-order valence-corrected chi connectivity index (χ3v) is 6.23. The molecule has 0 atom stereocenters. The number of ether oxygens (including phenoxy) is 2. The van der Waals surface area contributed by atoms with Gasteiger partial charge in [-0.2, -0.15) is 0 Å². The van der Waals surface area contributed by atoms with E-state index in [1.54, 1.807) is 24.3 Å². The number of nitrogens with two attached hydrogens (primary N) is 1. The first-order valence-corrected chi connectivity index (χ1v) is 13.6. The molecule has 2 amide bonds. The van der Waals surface area contributed by atoms with Crippen molar-refractivity contribution in [1.29, 1.82) is 5.41 Å². The lowest BCUT2D eigenvalue weighted by Crippen LogP contribution is -2.32. The largest absolute Gasteiger partial charge is 0.481 e. The van der Waals surface area contributed by atoms with Gasteiger partial charge in [-0.25, -0.2) is 19.7 Å². The molecule has 0 radical (unpaired) electrons. The molecule has 0 aliphatic rings. The van der Waals surface area contributed by atoms with Crippen LogP contribution in [-0.4, -0.2) is 52.2 Å². The summed E-state index contributed by atoms with van der Waals surface area (Å²) in [6, 6.07) is 16.9. The minimum absolute atomic E-state index is 0.00399. The summed E-state index contributed by atoms with van der Waals surface area (Å²) in [5, 5.41) is 13.0. The molecule has 0 saturated carbocycles. The average Bonchev–Trinajstić information content (AvgIpc) is 3.02. The summed E-state index contributed by atoms with van der Waals surface area (Å²) in [6.45, 7) is 6.41. The van der Waals surface area contributed by atoms with Crippen LogP contribution in [0.25, 0.3) is 11.1 Å². The van der Waals surface area contributed by atoms with Gasteiger partial charge in [0.25, 0.3) is 11.8 Å². The first-order valence-electron chi connectivity index (χ1n) is 13.6. The molecule has 2 aromatic carbocycles. The average molecular weight is 596 g/mol. The van der Waals surface area contributed by atoms with E-state index >= 15 is 0 Å². The van der Waals surface area contributed by atoms with E-state index in [0.717, 1.165) is 5.56 Å². The smallest absolute Gasteiger partial charge is 0.339 e. The summed E-state index contributed by atoms with van der Waals surface area (Å²) in [5.41, 5.74) is 7.13. The van der Waals surface area contributed by atoms with Crippen LogP contribution >= 0.6 is 0 Å². The first kappa shape index (κ1) is 31.3. The fourth-order valence-corrected chi connectivity index (χ4v) is 4.00. The normalized spacial score (nSPS) is 10.9. The number of hydrogen-bond acceptors (Lipinski definition) is 9. The number of amides is 2. The molecule has 2 heterocycles. The van der Waals surface area contributed by atoms with Gasteiger partial charge in [0.15, 0.2) is 11.7 Å². The predicted molar refractivity (Wildman–Crippen MR) is 165 cm³/mol. The maximum atomic E-state index is 13.5. The Labute approximate surface area is 254 Å². The summed E-state index contributed by atoms with van der Waals surface area (Å²) in [7, 11) is 1.41. The molecular weight excluding hydrogens is 562 g/mol. The van der Waals surface area contributed by atoms with E-state index < -0.39 is 11.9 Å². The molecule has 5 N–H and O–H groups in total. The molecule has 0 spiro atoms. The highest BCUT2D eigenvalue weighted by molar-refractivity contribution is 6.10. The molecule has 0 bridgehead atoms. The number of amidine groups is 1. The highest BCUT2D eigenvalue weighted by atomic mass is 16.5. The van der Waals surface area contributed by atoms with Gasteiger partial charge in [-0.3, -0.25) is 15.0 Å². The highest BCUT2D eigenvalue weighted by Gasteiger charge is 2.24. The number of methoxy groups -OCH3 is 1. The number of nitrogens with one attached hydrogen (secondary N) is 3. The lowest BCUT2D eigenvalue weighted by molar-refractivity contribution is 0.0473. The summed E-state index contributed by atoms with van der Waals surface area (Å²) < 4.78 is 10.9. The summed E-state index contributed by atoms with van der Waals surface area (Å²) in [4.78, 5) is 52.4. The van der Waals surface area contributed by atoms with Crippen LogP contribution in [-0.2, 0) is 11.3 Å². The van der Waals surface area contributed by atoms with Crippen molar-refractivity contribution in [3.05, 3.63) is 101 Å². The van der Waals surface area contributed by atoms with Crippen LogP contribution in [0.15, 0.2) is 73.1 Å². The van der Waals surface area contributed by atoms with Gasteiger partial charge in [0.05, 0.1) is 30.8 Å². The molecule has 44 heavy (non-hydrogen) atoms. The Morgan fingerprint density at radius 3 is 2.25 bits per heavy atom. The topological polar surface area (TPSA) is 182 Å². The van der Waals surface area contributed by atoms with Gasteiger partial charge in [-0.05, 0) is 34.7 Å². The molecule has 0 aliphatic carbocycles. The van der Waals surface area contributed by atoms with Crippen LogP contribution in [0.3, 0.4) is 0 Å². The molecule has 226 valence electrons. The van der Waals surface area contributed by atoms with Gasteiger partial charge in [0.1, 0.15) is 12.3 Å². The van der Waals surface area contributed by atoms with Crippen LogP contribution in [0, 0.1) is 10.8 Å². The summed E-state index contributed by atoms with van der Waals surface area (Å²) in [5.74, 6) is -1.84. The third-order valence-electron chi connectivity index (χ3n) is 6.23. The van der Waals surface area contributed by atoms with E-state index in [0.29, 0.717) is 12.1 Å².